The molecule has 0 amide bonds. The summed E-state index contributed by atoms with van der Waals surface area (Å²) in [4.78, 5) is 16.9. The van der Waals surface area contributed by atoms with Crippen LogP contribution >= 0.6 is 11.6 Å². The van der Waals surface area contributed by atoms with Crippen LogP contribution in [0.2, 0.25) is 5.02 Å². The van der Waals surface area contributed by atoms with E-state index in [1.165, 1.54) is 27.7 Å². The molecule has 2 heterocycles. The number of hydrogen-bond acceptors (Lipinski definition) is 4. The van der Waals surface area contributed by atoms with Gasteiger partial charge in [0.15, 0.2) is 11.2 Å². The van der Waals surface area contributed by atoms with Gasteiger partial charge in [0, 0.05) is 5.02 Å². The largest absolute Gasteiger partial charge is 0.416 e. The highest BCUT2D eigenvalue weighted by atomic mass is 35.5. The maximum atomic E-state index is 12.9. The average molecular weight is 406 g/mol. The van der Waals surface area contributed by atoms with E-state index in [-0.39, 0.29) is 17.7 Å². The van der Waals surface area contributed by atoms with E-state index in [0.29, 0.717) is 16.3 Å². The van der Waals surface area contributed by atoms with E-state index in [1.54, 1.807) is 24.3 Å². The minimum atomic E-state index is -4.45. The van der Waals surface area contributed by atoms with E-state index in [9.17, 15) is 18.0 Å². The van der Waals surface area contributed by atoms with Gasteiger partial charge in [-0.3, -0.25) is 9.36 Å². The standard InChI is InChI=1S/C18H11ClF3N5O/c19-13-4-6-14(7-5-13)27-16-15(24-25-27)17(28)26(10-23-16)9-11-2-1-3-12(8-11)18(20,21)22/h1-8,10H,9H2. The summed E-state index contributed by atoms with van der Waals surface area (Å²) in [7, 11) is 0. The highest BCUT2D eigenvalue weighted by Crippen LogP contribution is 2.29. The number of benzene rings is 2. The molecule has 28 heavy (non-hydrogen) atoms. The number of nitrogens with zero attached hydrogens (tertiary/aromatic N) is 5. The molecule has 0 saturated heterocycles. The molecule has 0 aliphatic carbocycles. The fourth-order valence-corrected chi connectivity index (χ4v) is 2.88. The van der Waals surface area contributed by atoms with Crippen molar-refractivity contribution in [2.24, 2.45) is 0 Å². The Hall–Kier alpha value is -3.20. The predicted octanol–water partition coefficient (Wildman–Crippen LogP) is 3.70. The van der Waals surface area contributed by atoms with Crippen molar-refractivity contribution in [1.82, 2.24) is 24.5 Å². The van der Waals surface area contributed by atoms with Gasteiger partial charge in [0.1, 0.15) is 6.33 Å². The topological polar surface area (TPSA) is 65.6 Å². The van der Waals surface area contributed by atoms with Gasteiger partial charge >= 0.3 is 6.18 Å². The smallest absolute Gasteiger partial charge is 0.293 e. The summed E-state index contributed by atoms with van der Waals surface area (Å²) in [5.74, 6) is 0. The quantitative estimate of drug-likeness (QED) is 0.521. The van der Waals surface area contributed by atoms with Crippen LogP contribution in [-0.2, 0) is 12.7 Å². The van der Waals surface area contributed by atoms with Gasteiger partial charge < -0.3 is 0 Å². The summed E-state index contributed by atoms with van der Waals surface area (Å²) in [6.45, 7) is -0.0699. The fraction of sp³-hybridized carbons (Fsp3) is 0.111. The third kappa shape index (κ3) is 3.36. The van der Waals surface area contributed by atoms with Gasteiger partial charge in [0.05, 0.1) is 17.8 Å². The zero-order valence-electron chi connectivity index (χ0n) is 14.1. The molecule has 0 saturated carbocycles. The van der Waals surface area contributed by atoms with Crippen molar-refractivity contribution in [3.8, 4) is 5.69 Å². The molecule has 0 aliphatic rings. The molecular weight excluding hydrogens is 395 g/mol. The van der Waals surface area contributed by atoms with Gasteiger partial charge in [0.2, 0.25) is 0 Å². The molecule has 0 radical (unpaired) electrons. The first kappa shape index (κ1) is 18.2. The van der Waals surface area contributed by atoms with Crippen molar-refractivity contribution in [2.75, 3.05) is 0 Å². The molecule has 0 fully saturated rings. The van der Waals surface area contributed by atoms with E-state index in [0.717, 1.165) is 12.1 Å². The molecule has 10 heteroatoms. The molecular formula is C18H11ClF3N5O. The molecule has 0 aliphatic heterocycles. The van der Waals surface area contributed by atoms with Gasteiger partial charge in [-0.05, 0) is 42.0 Å². The van der Waals surface area contributed by atoms with E-state index < -0.39 is 17.3 Å². The maximum absolute atomic E-state index is 12.9. The van der Waals surface area contributed by atoms with Crippen molar-refractivity contribution in [1.29, 1.82) is 0 Å². The summed E-state index contributed by atoms with van der Waals surface area (Å²) in [5, 5.41) is 8.38. The van der Waals surface area contributed by atoms with Crippen LogP contribution in [0.1, 0.15) is 11.1 Å². The number of hydrogen-bond donors (Lipinski definition) is 0. The summed E-state index contributed by atoms with van der Waals surface area (Å²) < 4.78 is 41.2. The van der Waals surface area contributed by atoms with E-state index >= 15 is 0 Å². The zero-order valence-corrected chi connectivity index (χ0v) is 14.8. The number of rotatable bonds is 3. The Morgan fingerprint density at radius 3 is 2.54 bits per heavy atom. The second kappa shape index (κ2) is 6.75. The third-order valence-electron chi connectivity index (χ3n) is 4.11. The van der Waals surface area contributed by atoms with Crippen LogP contribution in [0.15, 0.2) is 59.7 Å². The molecule has 2 aromatic carbocycles. The molecule has 142 valence electrons. The highest BCUT2D eigenvalue weighted by Gasteiger charge is 2.30. The minimum Gasteiger partial charge on any atom is -0.293 e. The zero-order chi connectivity index (χ0) is 19.9. The highest BCUT2D eigenvalue weighted by molar-refractivity contribution is 6.30. The van der Waals surface area contributed by atoms with Crippen LogP contribution in [0.4, 0.5) is 13.2 Å². The molecule has 0 N–H and O–H groups in total. The monoisotopic (exact) mass is 405 g/mol. The van der Waals surface area contributed by atoms with Crippen LogP contribution < -0.4 is 5.56 Å². The van der Waals surface area contributed by atoms with Gasteiger partial charge in [-0.25, -0.2) is 4.98 Å². The van der Waals surface area contributed by atoms with Crippen molar-refractivity contribution in [3.05, 3.63) is 81.4 Å². The van der Waals surface area contributed by atoms with Crippen LogP contribution in [0.5, 0.6) is 0 Å². The molecule has 2 aromatic heterocycles. The SMILES string of the molecule is O=c1c2nnn(-c3ccc(Cl)cc3)c2ncn1Cc1cccc(C(F)(F)F)c1. The number of fused-ring (bicyclic) bond motifs is 1. The Labute approximate surface area is 160 Å². The van der Waals surface area contributed by atoms with Crippen molar-refractivity contribution in [2.45, 2.75) is 12.7 Å². The van der Waals surface area contributed by atoms with Gasteiger partial charge in [-0.15, -0.1) is 5.10 Å². The predicted molar refractivity (Wildman–Crippen MR) is 96.5 cm³/mol. The van der Waals surface area contributed by atoms with Gasteiger partial charge in [-0.2, -0.15) is 17.9 Å². The van der Waals surface area contributed by atoms with Crippen LogP contribution in [0.25, 0.3) is 16.9 Å². The normalized spacial score (nSPS) is 11.9. The lowest BCUT2D eigenvalue weighted by Gasteiger charge is -2.10. The maximum Gasteiger partial charge on any atom is 0.416 e. The second-order valence-corrected chi connectivity index (χ2v) is 6.46. The van der Waals surface area contributed by atoms with Crippen LogP contribution in [0.3, 0.4) is 0 Å². The lowest BCUT2D eigenvalue weighted by Crippen LogP contribution is -2.21. The van der Waals surface area contributed by atoms with Crippen molar-refractivity contribution >= 4 is 22.8 Å². The molecule has 0 spiro atoms. The Morgan fingerprint density at radius 2 is 1.82 bits per heavy atom. The van der Waals surface area contributed by atoms with E-state index in [4.69, 9.17) is 11.6 Å². The van der Waals surface area contributed by atoms with Crippen LogP contribution in [0, 0.1) is 0 Å². The second-order valence-electron chi connectivity index (χ2n) is 6.03. The molecule has 4 rings (SSSR count). The van der Waals surface area contributed by atoms with E-state index in [2.05, 4.69) is 15.3 Å². The van der Waals surface area contributed by atoms with Crippen molar-refractivity contribution < 1.29 is 13.2 Å². The lowest BCUT2D eigenvalue weighted by molar-refractivity contribution is -0.137. The summed E-state index contributed by atoms with van der Waals surface area (Å²) >= 11 is 5.87. The third-order valence-corrected chi connectivity index (χ3v) is 4.36. The summed E-state index contributed by atoms with van der Waals surface area (Å²) in [6, 6.07) is 11.5. The Bertz CT molecular complexity index is 1210. The first-order chi connectivity index (χ1) is 13.3. The Kier molecular flexibility index (Phi) is 4.38. The minimum absolute atomic E-state index is 0.0180. The summed E-state index contributed by atoms with van der Waals surface area (Å²) in [6.07, 6.45) is -3.19. The number of alkyl halides is 3. The Balaban J connectivity index is 1.72. The first-order valence-electron chi connectivity index (χ1n) is 8.06. The average Bonchev–Trinajstić information content (AvgIpc) is 3.09. The molecule has 6 nitrogen and oxygen atoms in total. The van der Waals surface area contributed by atoms with E-state index in [1.807, 2.05) is 0 Å². The van der Waals surface area contributed by atoms with Crippen LogP contribution in [-0.4, -0.2) is 24.5 Å². The van der Waals surface area contributed by atoms with Gasteiger partial charge in [-0.1, -0.05) is 28.9 Å². The van der Waals surface area contributed by atoms with Crippen molar-refractivity contribution in [3.63, 3.8) is 0 Å². The molecule has 0 atom stereocenters. The van der Waals surface area contributed by atoms with Gasteiger partial charge in [0.25, 0.3) is 5.56 Å². The number of aromatic nitrogens is 5. The molecule has 4 aromatic rings. The number of halogens is 4. The molecule has 0 bridgehead atoms. The molecule has 0 unspecified atom stereocenters. The fourth-order valence-electron chi connectivity index (χ4n) is 2.76. The summed E-state index contributed by atoms with van der Waals surface area (Å²) in [5.41, 5.74) is -0.0713. The lowest BCUT2D eigenvalue weighted by atomic mass is 10.1. The Morgan fingerprint density at radius 1 is 1.07 bits per heavy atom. The first-order valence-corrected chi connectivity index (χ1v) is 8.43.